The van der Waals surface area contributed by atoms with Crippen molar-refractivity contribution in [3.8, 4) is 23.8 Å². The monoisotopic (exact) mass is 331 g/mol. The standard InChI is InChI=1S/C19H25NO4/c1-6-14-8-9-16(17(10-14)22-7-2)23-13-15-11-20(12-15)18(21)24-19(3,4)5/h1,8-10,15H,7,11-13H2,2-5H3. The molecular formula is C19H25NO4. The molecule has 0 aliphatic carbocycles. The minimum atomic E-state index is -0.468. The van der Waals surface area contributed by atoms with Crippen molar-refractivity contribution in [1.82, 2.24) is 4.90 Å². The smallest absolute Gasteiger partial charge is 0.410 e. The molecule has 2 rings (SSSR count). The predicted octanol–water partition coefficient (Wildman–Crippen LogP) is 3.31. The van der Waals surface area contributed by atoms with Crippen LogP contribution < -0.4 is 9.47 Å². The fraction of sp³-hybridized carbons (Fsp3) is 0.526. The molecule has 0 aromatic heterocycles. The molecule has 0 unspecified atom stereocenters. The number of benzene rings is 1. The Morgan fingerprint density at radius 2 is 2.00 bits per heavy atom. The summed E-state index contributed by atoms with van der Waals surface area (Å²) in [6.07, 6.45) is 5.14. The molecule has 5 nitrogen and oxygen atoms in total. The normalized spacial score (nSPS) is 14.5. The van der Waals surface area contributed by atoms with Crippen molar-refractivity contribution in [2.75, 3.05) is 26.3 Å². The largest absolute Gasteiger partial charge is 0.490 e. The van der Waals surface area contributed by atoms with Crippen LogP contribution in [0.4, 0.5) is 4.79 Å². The summed E-state index contributed by atoms with van der Waals surface area (Å²) in [5.41, 5.74) is 0.287. The highest BCUT2D eigenvalue weighted by Gasteiger charge is 2.34. The highest BCUT2D eigenvalue weighted by Crippen LogP contribution is 2.29. The summed E-state index contributed by atoms with van der Waals surface area (Å²) in [5, 5.41) is 0. The van der Waals surface area contributed by atoms with Crippen molar-refractivity contribution in [2.45, 2.75) is 33.3 Å². The number of amides is 1. The number of terminal acetylenes is 1. The lowest BCUT2D eigenvalue weighted by Gasteiger charge is -2.39. The Bertz CT molecular complexity index is 621. The van der Waals surface area contributed by atoms with E-state index in [1.807, 2.05) is 39.8 Å². The van der Waals surface area contributed by atoms with E-state index in [0.29, 0.717) is 43.7 Å². The zero-order valence-corrected chi connectivity index (χ0v) is 14.8. The van der Waals surface area contributed by atoms with Crippen molar-refractivity contribution >= 4 is 6.09 Å². The summed E-state index contributed by atoms with van der Waals surface area (Å²) in [5.74, 6) is 4.20. The predicted molar refractivity (Wildman–Crippen MR) is 92.3 cm³/mol. The van der Waals surface area contributed by atoms with Crippen LogP contribution in [-0.2, 0) is 4.74 Å². The maximum Gasteiger partial charge on any atom is 0.410 e. The molecule has 1 aliphatic rings. The highest BCUT2D eigenvalue weighted by atomic mass is 16.6. The number of likely N-dealkylation sites (tertiary alicyclic amines) is 1. The van der Waals surface area contributed by atoms with E-state index in [1.54, 1.807) is 11.0 Å². The van der Waals surface area contributed by atoms with Gasteiger partial charge >= 0.3 is 6.09 Å². The van der Waals surface area contributed by atoms with E-state index in [4.69, 9.17) is 20.6 Å². The summed E-state index contributed by atoms with van der Waals surface area (Å²) in [7, 11) is 0. The molecule has 1 heterocycles. The van der Waals surface area contributed by atoms with Gasteiger partial charge in [-0.15, -0.1) is 6.42 Å². The molecule has 1 aromatic rings. The molecule has 0 radical (unpaired) electrons. The Labute approximate surface area is 143 Å². The van der Waals surface area contributed by atoms with E-state index in [-0.39, 0.29) is 6.09 Å². The van der Waals surface area contributed by atoms with Crippen LogP contribution in [0.2, 0.25) is 0 Å². The summed E-state index contributed by atoms with van der Waals surface area (Å²) in [4.78, 5) is 13.6. The van der Waals surface area contributed by atoms with Gasteiger partial charge in [0.1, 0.15) is 5.60 Å². The van der Waals surface area contributed by atoms with Gasteiger partial charge in [0, 0.05) is 24.6 Å². The van der Waals surface area contributed by atoms with Crippen LogP contribution in [0, 0.1) is 18.3 Å². The first-order chi connectivity index (χ1) is 11.3. The lowest BCUT2D eigenvalue weighted by molar-refractivity contribution is -0.00799. The fourth-order valence-corrected chi connectivity index (χ4v) is 2.34. The zero-order valence-electron chi connectivity index (χ0n) is 14.8. The summed E-state index contributed by atoms with van der Waals surface area (Å²) >= 11 is 0. The second-order valence-electron chi connectivity index (χ2n) is 6.80. The third-order valence-corrected chi connectivity index (χ3v) is 3.49. The van der Waals surface area contributed by atoms with Crippen LogP contribution in [0.15, 0.2) is 18.2 Å². The average Bonchev–Trinajstić information content (AvgIpc) is 2.45. The van der Waals surface area contributed by atoms with Gasteiger partial charge in [0.05, 0.1) is 13.2 Å². The second-order valence-corrected chi connectivity index (χ2v) is 6.80. The zero-order chi connectivity index (χ0) is 17.7. The molecule has 130 valence electrons. The Morgan fingerprint density at radius 1 is 1.29 bits per heavy atom. The maximum atomic E-state index is 11.9. The van der Waals surface area contributed by atoms with Crippen LogP contribution in [0.1, 0.15) is 33.3 Å². The summed E-state index contributed by atoms with van der Waals surface area (Å²) in [6.45, 7) is 9.84. The third-order valence-electron chi connectivity index (χ3n) is 3.49. The van der Waals surface area contributed by atoms with Gasteiger partial charge in [-0.25, -0.2) is 4.79 Å². The van der Waals surface area contributed by atoms with E-state index in [1.165, 1.54) is 0 Å². The van der Waals surface area contributed by atoms with Crippen molar-refractivity contribution in [2.24, 2.45) is 5.92 Å². The summed E-state index contributed by atoms with van der Waals surface area (Å²) in [6, 6.07) is 5.45. The molecule has 5 heteroatoms. The van der Waals surface area contributed by atoms with E-state index < -0.39 is 5.60 Å². The molecule has 1 aromatic carbocycles. The van der Waals surface area contributed by atoms with E-state index in [0.717, 1.165) is 5.56 Å². The van der Waals surface area contributed by atoms with E-state index in [2.05, 4.69) is 5.92 Å². The molecule has 1 saturated heterocycles. The van der Waals surface area contributed by atoms with Gasteiger partial charge in [-0.05, 0) is 45.9 Å². The minimum Gasteiger partial charge on any atom is -0.490 e. The van der Waals surface area contributed by atoms with Crippen LogP contribution in [0.5, 0.6) is 11.5 Å². The first-order valence-corrected chi connectivity index (χ1v) is 8.16. The summed E-state index contributed by atoms with van der Waals surface area (Å²) < 4.78 is 16.8. The van der Waals surface area contributed by atoms with Gasteiger partial charge in [0.15, 0.2) is 11.5 Å². The van der Waals surface area contributed by atoms with E-state index in [9.17, 15) is 4.79 Å². The molecule has 1 amide bonds. The molecule has 0 N–H and O–H groups in total. The minimum absolute atomic E-state index is 0.271. The van der Waals surface area contributed by atoms with Crippen molar-refractivity contribution < 1.29 is 19.0 Å². The van der Waals surface area contributed by atoms with E-state index >= 15 is 0 Å². The number of nitrogens with zero attached hydrogens (tertiary/aromatic N) is 1. The molecule has 0 saturated carbocycles. The van der Waals surface area contributed by atoms with Gasteiger partial charge in [0.2, 0.25) is 0 Å². The molecule has 0 atom stereocenters. The Kier molecular flexibility index (Phi) is 5.61. The molecule has 0 spiro atoms. The highest BCUT2D eigenvalue weighted by molar-refractivity contribution is 5.69. The topological polar surface area (TPSA) is 48.0 Å². The van der Waals surface area contributed by atoms with Gasteiger partial charge in [-0.1, -0.05) is 5.92 Å². The number of rotatable bonds is 5. The van der Waals surface area contributed by atoms with Gasteiger partial charge in [0.25, 0.3) is 0 Å². The Morgan fingerprint density at radius 3 is 2.58 bits per heavy atom. The first kappa shape index (κ1) is 18.0. The maximum absolute atomic E-state index is 11.9. The Balaban J connectivity index is 1.84. The molecule has 1 fully saturated rings. The van der Waals surface area contributed by atoms with Crippen LogP contribution in [0.3, 0.4) is 0 Å². The molecule has 1 aliphatic heterocycles. The van der Waals surface area contributed by atoms with Gasteiger partial charge in [-0.3, -0.25) is 0 Å². The number of hydrogen-bond donors (Lipinski definition) is 0. The van der Waals surface area contributed by atoms with Gasteiger partial charge in [-0.2, -0.15) is 0 Å². The lowest BCUT2D eigenvalue weighted by atomic mass is 10.0. The van der Waals surface area contributed by atoms with Crippen LogP contribution in [0.25, 0.3) is 0 Å². The SMILES string of the molecule is C#Cc1ccc(OCC2CN(C(=O)OC(C)(C)C)C2)c(OCC)c1. The van der Waals surface area contributed by atoms with Crippen molar-refractivity contribution in [3.05, 3.63) is 23.8 Å². The Hall–Kier alpha value is -2.35. The van der Waals surface area contributed by atoms with Crippen molar-refractivity contribution in [3.63, 3.8) is 0 Å². The fourth-order valence-electron chi connectivity index (χ4n) is 2.34. The average molecular weight is 331 g/mol. The lowest BCUT2D eigenvalue weighted by Crippen LogP contribution is -2.53. The second kappa shape index (κ2) is 7.48. The number of carbonyl (C=O) groups is 1. The quantitative estimate of drug-likeness (QED) is 0.777. The molecule has 24 heavy (non-hydrogen) atoms. The number of carbonyl (C=O) groups excluding carboxylic acids is 1. The number of ether oxygens (including phenoxy) is 3. The number of hydrogen-bond acceptors (Lipinski definition) is 4. The first-order valence-electron chi connectivity index (χ1n) is 8.16. The van der Waals surface area contributed by atoms with Crippen molar-refractivity contribution in [1.29, 1.82) is 0 Å². The molecule has 0 bridgehead atoms. The molecular weight excluding hydrogens is 306 g/mol. The van der Waals surface area contributed by atoms with Gasteiger partial charge < -0.3 is 19.1 Å². The van der Waals surface area contributed by atoms with Crippen LogP contribution >= 0.6 is 0 Å². The van der Waals surface area contributed by atoms with Crippen LogP contribution in [-0.4, -0.2) is 42.9 Å². The third kappa shape index (κ3) is 4.82.